The average Bonchev–Trinajstić information content (AvgIpc) is 4.11. The Morgan fingerprint density at radius 1 is 0.713 bits per heavy atom. The topological polar surface area (TPSA) is 198 Å². The summed E-state index contributed by atoms with van der Waals surface area (Å²) in [7, 11) is -3.34. The van der Waals surface area contributed by atoms with Crippen molar-refractivity contribution in [2.45, 2.75) is 92.1 Å². The summed E-state index contributed by atoms with van der Waals surface area (Å²) in [6, 6.07) is 23.2. The molecule has 430 valence electrons. The smallest absolute Gasteiger partial charge is 0.314 e. The molecule has 2 fully saturated rings. The molecular weight excluding hydrogens is 1100 g/mol. The van der Waals surface area contributed by atoms with Crippen LogP contribution in [0.4, 0.5) is 10.5 Å². The molecule has 2 unspecified atom stereocenters. The van der Waals surface area contributed by atoms with Crippen LogP contribution in [0.5, 0.6) is 0 Å². The third kappa shape index (κ3) is 16.8. The van der Waals surface area contributed by atoms with Gasteiger partial charge in [-0.1, -0.05) is 53.9 Å². The Morgan fingerprint density at radius 2 is 1.32 bits per heavy atom. The molecule has 0 aromatic heterocycles. The quantitative estimate of drug-likeness (QED) is 0.0384. The highest BCUT2D eigenvalue weighted by Crippen LogP contribution is 2.41. The van der Waals surface area contributed by atoms with Crippen molar-refractivity contribution in [3.63, 3.8) is 0 Å². The molecule has 4 aliphatic rings. The molecule has 4 aromatic rings. The molecule has 4 aliphatic heterocycles. The molecule has 17 nitrogen and oxygen atoms in total. The van der Waals surface area contributed by atoms with Crippen molar-refractivity contribution >= 4 is 60.6 Å². The van der Waals surface area contributed by atoms with Gasteiger partial charge in [0.15, 0.2) is 15.5 Å². The fraction of sp³-hybridized carbons (Fsp3) is 0.525. The van der Waals surface area contributed by atoms with Crippen LogP contribution < -0.4 is 15.4 Å². The molecule has 4 heterocycles. The van der Waals surface area contributed by atoms with Crippen LogP contribution in [0.2, 0.25) is 10.0 Å². The number of sulfonamides is 1. The lowest BCUT2D eigenvalue weighted by atomic mass is 9.83. The van der Waals surface area contributed by atoms with E-state index in [9.17, 15) is 31.7 Å². The van der Waals surface area contributed by atoms with Gasteiger partial charge in [0.05, 0.1) is 53.6 Å². The first-order valence-electron chi connectivity index (χ1n) is 27.9. The second-order valence-corrected chi connectivity index (χ2v) is 26.5. The maximum Gasteiger partial charge on any atom is 0.314 e. The van der Waals surface area contributed by atoms with Gasteiger partial charge in [-0.2, -0.15) is 5.26 Å². The molecule has 0 saturated carbocycles. The van der Waals surface area contributed by atoms with Crippen molar-refractivity contribution in [2.75, 3.05) is 112 Å². The molecule has 2 amide bonds. The summed E-state index contributed by atoms with van der Waals surface area (Å²) in [5.41, 5.74) is 6.61. The van der Waals surface area contributed by atoms with E-state index in [0.717, 1.165) is 72.2 Å². The Labute approximate surface area is 483 Å². The zero-order valence-corrected chi connectivity index (χ0v) is 49.1. The average molecular weight is 1170 g/mol. The number of carbonyl (C=O) groups is 2. The molecule has 3 N–H and O–H groups in total. The summed E-state index contributed by atoms with van der Waals surface area (Å²) in [5.74, 6) is 0.0626. The maximum atomic E-state index is 13.7. The molecule has 0 radical (unpaired) electrons. The Bertz CT molecular complexity index is 2930. The number of benzene rings is 4. The van der Waals surface area contributed by atoms with Crippen LogP contribution in [0, 0.1) is 23.8 Å². The Balaban J connectivity index is 0.615. The Hall–Kier alpha value is -5.00. The first-order valence-corrected chi connectivity index (χ1v) is 31.8. The predicted octanol–water partition coefficient (Wildman–Crippen LogP) is 7.96. The first kappa shape index (κ1) is 61.1. The maximum absolute atomic E-state index is 13.7. The standard InChI is InChI=1S/C59H75Cl2N9O8S2/c1-63-58-33-47(61)32-53-55(38-68(3)40-57(53)58)44-11-8-15-51(30-44)80(75,76)66-48-17-21-70(36-48)23-27-78-25-19-65-59(72)64-18-6-4-5-12-49(71)13-9-24-77-26-22-69-20-16-42(35-69)41-79(73,74)50-14-7-10-43(29-50)54-37-67(2)39-56-45(34-62)28-46(60)31-52(54)56/h7-8,10-11,14-15,28-33,42,48,54-55,66H,4-6,9,12-13,16-27,35-41H2,2-3H3,(H2,64,65,72)/t42-,48-,54?,55?/m1/s1. The van der Waals surface area contributed by atoms with Gasteiger partial charge in [0, 0.05) is 113 Å². The number of hydrogen-bond acceptors (Lipinski definition) is 13. The van der Waals surface area contributed by atoms with Crippen molar-refractivity contribution < 1.29 is 35.9 Å². The SMILES string of the molecule is [C-]#[N+]c1cc(Cl)cc2c1CN(C)CC2c1cccc(S(=O)(=O)N[C@@H]2CCN(CCOCCNC(=O)NCCCCCC(=O)CCCOCCN3CC[C@@H](CS(=O)(=O)c4cccc(C5CN(C)Cc6c(C#N)cc(Cl)cc65)c4)C3)C2)c1. The van der Waals surface area contributed by atoms with Gasteiger partial charge in [-0.15, -0.1) is 0 Å². The van der Waals surface area contributed by atoms with Crippen LogP contribution >= 0.6 is 23.2 Å². The summed E-state index contributed by atoms with van der Waals surface area (Å²) in [5, 5.41) is 16.4. The minimum absolute atomic E-state index is 0.0206. The third-order valence-electron chi connectivity index (χ3n) is 15.7. The molecule has 21 heteroatoms. The van der Waals surface area contributed by atoms with E-state index >= 15 is 0 Å². The molecule has 4 atom stereocenters. The largest absolute Gasteiger partial charge is 0.380 e. The number of ketones is 1. The zero-order chi connectivity index (χ0) is 56.8. The monoisotopic (exact) mass is 1170 g/mol. The van der Waals surface area contributed by atoms with Gasteiger partial charge >= 0.3 is 6.03 Å². The fourth-order valence-corrected chi connectivity index (χ4v) is 15.1. The molecule has 0 aliphatic carbocycles. The van der Waals surface area contributed by atoms with Crippen molar-refractivity contribution in [3.8, 4) is 6.07 Å². The number of nitrogens with one attached hydrogen (secondary N) is 3. The number of carbonyl (C=O) groups excluding carboxylic acids is 2. The van der Waals surface area contributed by atoms with E-state index in [2.05, 4.69) is 45.9 Å². The number of nitrogens with zero attached hydrogens (tertiary/aromatic N) is 6. The number of halogens is 2. The number of urea groups is 1. The minimum atomic E-state index is -3.80. The first-order chi connectivity index (χ1) is 38.5. The number of likely N-dealkylation sites (N-methyl/N-ethyl adjacent to an activating group) is 2. The number of amides is 2. The number of fused-ring (bicyclic) bond motifs is 2. The van der Waals surface area contributed by atoms with Crippen LogP contribution in [-0.2, 0) is 47.2 Å². The Morgan fingerprint density at radius 3 is 2.04 bits per heavy atom. The number of rotatable bonds is 27. The van der Waals surface area contributed by atoms with E-state index < -0.39 is 19.9 Å². The van der Waals surface area contributed by atoms with Crippen LogP contribution in [0.15, 0.2) is 82.6 Å². The van der Waals surface area contributed by atoms with Gasteiger partial charge < -0.3 is 34.8 Å². The summed E-state index contributed by atoms with van der Waals surface area (Å²) in [4.78, 5) is 37.7. The highest BCUT2D eigenvalue weighted by molar-refractivity contribution is 7.91. The van der Waals surface area contributed by atoms with Gasteiger partial charge in [-0.05, 0) is 147 Å². The van der Waals surface area contributed by atoms with Crippen LogP contribution in [0.25, 0.3) is 4.85 Å². The second kappa shape index (κ2) is 28.8. The highest BCUT2D eigenvalue weighted by Gasteiger charge is 2.33. The molecule has 8 rings (SSSR count). The number of nitriles is 1. The third-order valence-corrected chi connectivity index (χ3v) is 19.6. The van der Waals surface area contributed by atoms with Crippen LogP contribution in [-0.4, -0.2) is 166 Å². The number of ether oxygens (including phenoxy) is 2. The molecule has 80 heavy (non-hydrogen) atoms. The molecule has 4 aromatic carbocycles. The van der Waals surface area contributed by atoms with Crippen LogP contribution in [0.1, 0.15) is 102 Å². The van der Waals surface area contributed by atoms with Gasteiger partial charge in [-0.3, -0.25) is 9.69 Å². The lowest BCUT2D eigenvalue weighted by Gasteiger charge is -2.33. The Kier molecular flexibility index (Phi) is 22.0. The normalized spacial score (nSPS) is 20.0. The van der Waals surface area contributed by atoms with Crippen molar-refractivity contribution in [1.29, 1.82) is 5.26 Å². The fourth-order valence-electron chi connectivity index (χ4n) is 11.6. The summed E-state index contributed by atoms with van der Waals surface area (Å²) >= 11 is 12.8. The van der Waals surface area contributed by atoms with Crippen molar-refractivity contribution in [2.24, 2.45) is 5.92 Å². The summed E-state index contributed by atoms with van der Waals surface area (Å²) in [6.07, 6.45) is 5.43. The van der Waals surface area contributed by atoms with Gasteiger partial charge in [0.2, 0.25) is 10.0 Å². The molecule has 0 bridgehead atoms. The number of unbranched alkanes of at least 4 members (excludes halogenated alkanes) is 2. The van der Waals surface area contributed by atoms with E-state index in [1.54, 1.807) is 42.5 Å². The second-order valence-electron chi connectivity index (χ2n) is 21.9. The lowest BCUT2D eigenvalue weighted by molar-refractivity contribution is -0.119. The predicted molar refractivity (Wildman–Crippen MR) is 311 cm³/mol. The van der Waals surface area contributed by atoms with E-state index in [-0.39, 0.29) is 46.3 Å². The summed E-state index contributed by atoms with van der Waals surface area (Å²) < 4.78 is 69.2. The minimum Gasteiger partial charge on any atom is -0.380 e. The number of sulfone groups is 1. The molecule has 2 saturated heterocycles. The van der Waals surface area contributed by atoms with Crippen molar-refractivity contribution in [3.05, 3.63) is 133 Å². The zero-order valence-electron chi connectivity index (χ0n) is 45.9. The number of hydrogen-bond donors (Lipinski definition) is 3. The van der Waals surface area contributed by atoms with E-state index in [4.69, 9.17) is 39.2 Å². The summed E-state index contributed by atoms with van der Waals surface area (Å²) in [6.45, 7) is 17.1. The highest BCUT2D eigenvalue weighted by atomic mass is 35.5. The van der Waals surface area contributed by atoms with Gasteiger partial charge in [0.1, 0.15) is 5.78 Å². The van der Waals surface area contributed by atoms with E-state index in [1.165, 1.54) is 0 Å². The van der Waals surface area contributed by atoms with Crippen molar-refractivity contribution in [1.82, 2.24) is 35.0 Å². The van der Waals surface area contributed by atoms with Crippen LogP contribution in [0.3, 0.4) is 0 Å². The lowest BCUT2D eigenvalue weighted by Crippen LogP contribution is -2.38. The number of likely N-dealkylation sites (tertiary alicyclic amines) is 2. The number of Topliss-reactive ketones (excluding diaryl/α,β-unsaturated/α-hetero) is 1. The molecular formula is C59H75Cl2N9O8S2. The van der Waals surface area contributed by atoms with Gasteiger partial charge in [0.25, 0.3) is 0 Å². The van der Waals surface area contributed by atoms with E-state index in [1.807, 2.05) is 44.4 Å². The molecule has 0 spiro atoms. The van der Waals surface area contributed by atoms with E-state index in [0.29, 0.717) is 144 Å². The van der Waals surface area contributed by atoms with Gasteiger partial charge in [-0.25, -0.2) is 31.2 Å².